The maximum atomic E-state index is 12.6. The van der Waals surface area contributed by atoms with E-state index in [0.29, 0.717) is 17.9 Å². The van der Waals surface area contributed by atoms with Crippen LogP contribution in [0.1, 0.15) is 31.4 Å². The van der Waals surface area contributed by atoms with Gasteiger partial charge in [-0.1, -0.05) is 37.3 Å². The lowest BCUT2D eigenvalue weighted by atomic mass is 10.1. The van der Waals surface area contributed by atoms with Crippen molar-refractivity contribution >= 4 is 5.91 Å². The maximum Gasteiger partial charge on any atom is 0.261 e. The maximum absolute atomic E-state index is 12.6. The molecule has 0 bridgehead atoms. The fourth-order valence-electron chi connectivity index (χ4n) is 2.34. The Labute approximate surface area is 143 Å². The number of amides is 1. The number of carbonyl (C=O) groups is 1. The third kappa shape index (κ3) is 4.85. The summed E-state index contributed by atoms with van der Waals surface area (Å²) in [5, 5.41) is 8.80. The molecule has 1 amide bonds. The van der Waals surface area contributed by atoms with E-state index >= 15 is 0 Å². The van der Waals surface area contributed by atoms with Crippen molar-refractivity contribution in [1.29, 1.82) is 5.26 Å². The number of nitrogens with zero attached hydrogens (tertiary/aromatic N) is 2. The molecule has 0 aliphatic carbocycles. The summed E-state index contributed by atoms with van der Waals surface area (Å²) in [6.07, 6.45) is 0.884. The van der Waals surface area contributed by atoms with Crippen molar-refractivity contribution in [2.75, 3.05) is 6.61 Å². The SMILES string of the molecule is CC[C@@H](C)N(Cc1ccccc1)C(=O)COc1ccc(C#N)cc1. The second-order valence-electron chi connectivity index (χ2n) is 5.69. The molecule has 0 aromatic heterocycles. The highest BCUT2D eigenvalue weighted by Gasteiger charge is 2.19. The molecule has 2 aromatic carbocycles. The first-order chi connectivity index (χ1) is 11.6. The molecule has 0 radical (unpaired) electrons. The third-order valence-corrected chi connectivity index (χ3v) is 3.98. The fraction of sp³-hybridized carbons (Fsp3) is 0.300. The lowest BCUT2D eigenvalue weighted by Gasteiger charge is -2.28. The highest BCUT2D eigenvalue weighted by Crippen LogP contribution is 2.14. The van der Waals surface area contributed by atoms with E-state index in [4.69, 9.17) is 10.00 Å². The van der Waals surface area contributed by atoms with Gasteiger partial charge in [-0.3, -0.25) is 4.79 Å². The van der Waals surface area contributed by atoms with E-state index in [9.17, 15) is 4.79 Å². The van der Waals surface area contributed by atoms with E-state index in [-0.39, 0.29) is 18.6 Å². The second kappa shape index (κ2) is 8.73. The van der Waals surface area contributed by atoms with Crippen LogP contribution in [0.15, 0.2) is 54.6 Å². The zero-order valence-corrected chi connectivity index (χ0v) is 14.1. The van der Waals surface area contributed by atoms with Crippen molar-refractivity contribution < 1.29 is 9.53 Å². The van der Waals surface area contributed by atoms with Crippen molar-refractivity contribution in [2.45, 2.75) is 32.9 Å². The van der Waals surface area contributed by atoms with Gasteiger partial charge in [0.2, 0.25) is 0 Å². The average molecular weight is 322 g/mol. The molecular weight excluding hydrogens is 300 g/mol. The molecule has 0 heterocycles. The highest BCUT2D eigenvalue weighted by atomic mass is 16.5. The number of rotatable bonds is 7. The van der Waals surface area contributed by atoms with Gasteiger partial charge in [-0.2, -0.15) is 5.26 Å². The molecule has 2 aromatic rings. The molecule has 2 rings (SSSR count). The van der Waals surface area contributed by atoms with Crippen molar-refractivity contribution in [2.24, 2.45) is 0 Å². The summed E-state index contributed by atoms with van der Waals surface area (Å²) in [5.74, 6) is 0.545. The van der Waals surface area contributed by atoms with E-state index in [1.165, 1.54) is 0 Å². The van der Waals surface area contributed by atoms with Crippen LogP contribution < -0.4 is 4.74 Å². The summed E-state index contributed by atoms with van der Waals surface area (Å²) in [5.41, 5.74) is 1.67. The summed E-state index contributed by atoms with van der Waals surface area (Å²) >= 11 is 0. The Hall–Kier alpha value is -2.80. The Kier molecular flexibility index (Phi) is 6.39. The van der Waals surface area contributed by atoms with Gasteiger partial charge in [-0.25, -0.2) is 0 Å². The van der Waals surface area contributed by atoms with Gasteiger partial charge < -0.3 is 9.64 Å². The lowest BCUT2D eigenvalue weighted by molar-refractivity contribution is -0.136. The highest BCUT2D eigenvalue weighted by molar-refractivity contribution is 5.78. The van der Waals surface area contributed by atoms with Gasteiger partial charge in [0.25, 0.3) is 5.91 Å². The van der Waals surface area contributed by atoms with Crippen LogP contribution in [0.2, 0.25) is 0 Å². The zero-order valence-electron chi connectivity index (χ0n) is 14.1. The van der Waals surface area contributed by atoms with E-state index in [2.05, 4.69) is 13.0 Å². The summed E-state index contributed by atoms with van der Waals surface area (Å²) < 4.78 is 5.58. The zero-order chi connectivity index (χ0) is 17.4. The lowest BCUT2D eigenvalue weighted by Crippen LogP contribution is -2.40. The molecule has 4 nitrogen and oxygen atoms in total. The molecule has 0 spiro atoms. The number of nitriles is 1. The molecule has 124 valence electrons. The van der Waals surface area contributed by atoms with Crippen LogP contribution in [0, 0.1) is 11.3 Å². The van der Waals surface area contributed by atoms with Crippen LogP contribution in [0.25, 0.3) is 0 Å². The number of hydrogen-bond acceptors (Lipinski definition) is 3. The topological polar surface area (TPSA) is 53.3 Å². The Bertz CT molecular complexity index is 690. The van der Waals surface area contributed by atoms with Gasteiger partial charge in [-0.05, 0) is 43.2 Å². The monoisotopic (exact) mass is 322 g/mol. The average Bonchev–Trinajstić information content (AvgIpc) is 2.64. The predicted molar refractivity (Wildman–Crippen MR) is 93.4 cm³/mol. The minimum Gasteiger partial charge on any atom is -0.484 e. The minimum absolute atomic E-state index is 0.0108. The number of benzene rings is 2. The van der Waals surface area contributed by atoms with Crippen molar-refractivity contribution in [3.8, 4) is 11.8 Å². The molecule has 4 heteroatoms. The number of carbonyl (C=O) groups excluding carboxylic acids is 1. The first-order valence-corrected chi connectivity index (χ1v) is 8.10. The number of hydrogen-bond donors (Lipinski definition) is 0. The van der Waals surface area contributed by atoms with Crippen molar-refractivity contribution in [3.63, 3.8) is 0 Å². The Balaban J connectivity index is 2.00. The molecule has 0 aliphatic rings. The van der Waals surface area contributed by atoms with Crippen molar-refractivity contribution in [1.82, 2.24) is 4.90 Å². The van der Waals surface area contributed by atoms with Crippen LogP contribution in [0.5, 0.6) is 5.75 Å². The number of ether oxygens (including phenoxy) is 1. The third-order valence-electron chi connectivity index (χ3n) is 3.98. The summed E-state index contributed by atoms with van der Waals surface area (Å²) in [4.78, 5) is 14.4. The molecule has 0 fully saturated rings. The van der Waals surface area contributed by atoms with Crippen LogP contribution in [0.3, 0.4) is 0 Å². The van der Waals surface area contributed by atoms with E-state index in [1.807, 2.05) is 42.2 Å². The smallest absolute Gasteiger partial charge is 0.261 e. The van der Waals surface area contributed by atoms with Gasteiger partial charge in [-0.15, -0.1) is 0 Å². The van der Waals surface area contributed by atoms with E-state index in [0.717, 1.165) is 12.0 Å². The summed E-state index contributed by atoms with van der Waals surface area (Å²) in [6, 6.07) is 18.9. The van der Waals surface area contributed by atoms with Gasteiger partial charge in [0.15, 0.2) is 6.61 Å². The molecule has 0 saturated heterocycles. The van der Waals surface area contributed by atoms with Crippen LogP contribution in [-0.2, 0) is 11.3 Å². The van der Waals surface area contributed by atoms with E-state index < -0.39 is 0 Å². The Morgan fingerprint density at radius 2 is 1.83 bits per heavy atom. The second-order valence-corrected chi connectivity index (χ2v) is 5.69. The predicted octanol–water partition coefficient (Wildman–Crippen LogP) is 3.76. The molecule has 1 atom stereocenters. The van der Waals surface area contributed by atoms with Gasteiger partial charge in [0.1, 0.15) is 5.75 Å². The van der Waals surface area contributed by atoms with Gasteiger partial charge >= 0.3 is 0 Å². The molecule has 24 heavy (non-hydrogen) atoms. The van der Waals surface area contributed by atoms with Gasteiger partial charge in [0.05, 0.1) is 11.6 Å². The minimum atomic E-state index is -0.0439. The van der Waals surface area contributed by atoms with E-state index in [1.54, 1.807) is 24.3 Å². The first kappa shape index (κ1) is 17.6. The first-order valence-electron chi connectivity index (χ1n) is 8.10. The summed E-state index contributed by atoms with van der Waals surface area (Å²) in [6.45, 7) is 4.68. The standard InChI is InChI=1S/C20H22N2O2/c1-3-16(2)22(14-18-7-5-4-6-8-18)20(23)15-24-19-11-9-17(13-21)10-12-19/h4-12,16H,3,14-15H2,1-2H3/t16-/m1/s1. The fourth-order valence-corrected chi connectivity index (χ4v) is 2.34. The largest absolute Gasteiger partial charge is 0.484 e. The molecular formula is C20H22N2O2. The Morgan fingerprint density at radius 3 is 2.42 bits per heavy atom. The van der Waals surface area contributed by atoms with Crippen LogP contribution in [-0.4, -0.2) is 23.5 Å². The van der Waals surface area contributed by atoms with Crippen LogP contribution >= 0.6 is 0 Å². The Morgan fingerprint density at radius 1 is 1.17 bits per heavy atom. The molecule has 0 N–H and O–H groups in total. The van der Waals surface area contributed by atoms with Crippen LogP contribution in [0.4, 0.5) is 0 Å². The normalized spacial score (nSPS) is 11.4. The summed E-state index contributed by atoms with van der Waals surface area (Å²) in [7, 11) is 0. The van der Waals surface area contributed by atoms with Gasteiger partial charge in [0, 0.05) is 12.6 Å². The molecule has 0 saturated carbocycles. The molecule has 0 unspecified atom stereocenters. The molecule has 0 aliphatic heterocycles. The quantitative estimate of drug-likeness (QED) is 0.780. The van der Waals surface area contributed by atoms with Crippen molar-refractivity contribution in [3.05, 3.63) is 65.7 Å².